The van der Waals surface area contributed by atoms with E-state index in [4.69, 9.17) is 0 Å². The Labute approximate surface area is 158 Å². The highest BCUT2D eigenvalue weighted by Crippen LogP contribution is 2.29. The molecule has 0 amide bonds. The Morgan fingerprint density at radius 3 is 2.33 bits per heavy atom. The summed E-state index contributed by atoms with van der Waals surface area (Å²) in [5.41, 5.74) is 5.64. The van der Waals surface area contributed by atoms with Crippen LogP contribution in [0.3, 0.4) is 0 Å². The van der Waals surface area contributed by atoms with Crippen molar-refractivity contribution < 1.29 is 0 Å². The summed E-state index contributed by atoms with van der Waals surface area (Å²) in [7, 11) is 1.94. The van der Waals surface area contributed by atoms with Gasteiger partial charge in [-0.2, -0.15) is 5.10 Å². The standard InChI is InChI=1S/C22H23N5/c1-25-16-19(14-24-25)17-8-10-18(11-9-17)20-15-23-21-6-5-7-22(27(20)21)26-12-3-2-4-13-26/h5-11,14-16H,2-4,12-13H2,1H3. The molecular weight excluding hydrogens is 334 g/mol. The fraction of sp³-hybridized carbons (Fsp3) is 0.273. The van der Waals surface area contributed by atoms with Crippen LogP contribution in [0, 0.1) is 0 Å². The molecule has 1 aliphatic rings. The number of imidazole rings is 1. The third-order valence-corrected chi connectivity index (χ3v) is 5.41. The molecular formula is C22H23N5. The second-order valence-electron chi connectivity index (χ2n) is 7.25. The molecule has 5 rings (SSSR count). The maximum absolute atomic E-state index is 4.66. The van der Waals surface area contributed by atoms with Crippen LogP contribution in [0.15, 0.2) is 61.1 Å². The highest BCUT2D eigenvalue weighted by molar-refractivity contribution is 5.71. The van der Waals surface area contributed by atoms with E-state index in [1.807, 2.05) is 30.3 Å². The van der Waals surface area contributed by atoms with Crippen LogP contribution in [-0.4, -0.2) is 32.3 Å². The summed E-state index contributed by atoms with van der Waals surface area (Å²) < 4.78 is 4.13. The number of pyridine rings is 1. The minimum Gasteiger partial charge on any atom is -0.358 e. The first-order valence-corrected chi connectivity index (χ1v) is 9.60. The van der Waals surface area contributed by atoms with E-state index in [-0.39, 0.29) is 0 Å². The Balaban J connectivity index is 1.56. The smallest absolute Gasteiger partial charge is 0.138 e. The summed E-state index contributed by atoms with van der Waals surface area (Å²) in [5, 5.41) is 4.27. The molecule has 5 nitrogen and oxygen atoms in total. The maximum Gasteiger partial charge on any atom is 0.138 e. The van der Waals surface area contributed by atoms with Gasteiger partial charge in [0.2, 0.25) is 0 Å². The minimum absolute atomic E-state index is 1.00. The molecule has 0 unspecified atom stereocenters. The number of aromatic nitrogens is 4. The molecule has 0 spiro atoms. The molecule has 27 heavy (non-hydrogen) atoms. The van der Waals surface area contributed by atoms with E-state index in [1.54, 1.807) is 0 Å². The van der Waals surface area contributed by atoms with Gasteiger partial charge < -0.3 is 4.90 Å². The molecule has 4 aromatic rings. The summed E-state index contributed by atoms with van der Waals surface area (Å²) in [4.78, 5) is 7.15. The molecule has 1 aliphatic heterocycles. The van der Waals surface area contributed by atoms with Crippen molar-refractivity contribution in [2.24, 2.45) is 7.05 Å². The fourth-order valence-electron chi connectivity index (χ4n) is 4.00. The average Bonchev–Trinajstić information content (AvgIpc) is 3.35. The molecule has 1 fully saturated rings. The quantitative estimate of drug-likeness (QED) is 0.546. The van der Waals surface area contributed by atoms with Crippen molar-refractivity contribution in [1.29, 1.82) is 0 Å². The van der Waals surface area contributed by atoms with Crippen molar-refractivity contribution >= 4 is 11.5 Å². The van der Waals surface area contributed by atoms with E-state index >= 15 is 0 Å². The summed E-state index contributed by atoms with van der Waals surface area (Å²) >= 11 is 0. The highest BCUT2D eigenvalue weighted by Gasteiger charge is 2.16. The molecule has 136 valence electrons. The summed E-state index contributed by atoms with van der Waals surface area (Å²) in [6.45, 7) is 2.24. The van der Waals surface area contributed by atoms with E-state index in [0.29, 0.717) is 0 Å². The van der Waals surface area contributed by atoms with Crippen LogP contribution in [0.1, 0.15) is 19.3 Å². The van der Waals surface area contributed by atoms with Gasteiger partial charge in [0.25, 0.3) is 0 Å². The lowest BCUT2D eigenvalue weighted by Gasteiger charge is -2.29. The number of hydrogen-bond acceptors (Lipinski definition) is 3. The molecule has 0 atom stereocenters. The molecule has 5 heteroatoms. The summed E-state index contributed by atoms with van der Waals surface area (Å²) in [6, 6.07) is 15.1. The van der Waals surface area contributed by atoms with E-state index < -0.39 is 0 Å². The topological polar surface area (TPSA) is 38.4 Å². The normalized spacial score (nSPS) is 14.8. The van der Waals surface area contributed by atoms with Gasteiger partial charge in [-0.05, 0) is 37.0 Å². The molecule has 0 aliphatic carbocycles. The molecule has 0 bridgehead atoms. The highest BCUT2D eigenvalue weighted by atomic mass is 15.2. The first-order chi connectivity index (χ1) is 13.3. The van der Waals surface area contributed by atoms with Crippen LogP contribution in [0.4, 0.5) is 5.82 Å². The van der Waals surface area contributed by atoms with E-state index in [0.717, 1.165) is 30.0 Å². The first-order valence-electron chi connectivity index (χ1n) is 9.60. The Morgan fingerprint density at radius 1 is 0.815 bits per heavy atom. The molecule has 0 radical (unpaired) electrons. The Bertz CT molecular complexity index is 1070. The predicted molar refractivity (Wildman–Crippen MR) is 109 cm³/mol. The van der Waals surface area contributed by atoms with Gasteiger partial charge in [-0.3, -0.25) is 9.08 Å². The van der Waals surface area contributed by atoms with Gasteiger partial charge in [-0.1, -0.05) is 30.3 Å². The molecule has 4 heterocycles. The number of rotatable bonds is 3. The Morgan fingerprint density at radius 2 is 1.59 bits per heavy atom. The van der Waals surface area contributed by atoms with Gasteiger partial charge in [0.1, 0.15) is 11.5 Å². The van der Waals surface area contributed by atoms with Crippen LogP contribution in [0.25, 0.3) is 28.0 Å². The number of aryl methyl sites for hydroxylation is 1. The van der Waals surface area contributed by atoms with Gasteiger partial charge in [-0.25, -0.2) is 4.98 Å². The number of fused-ring (bicyclic) bond motifs is 1. The number of hydrogen-bond donors (Lipinski definition) is 0. The molecule has 1 saturated heterocycles. The Hall–Kier alpha value is -3.08. The van der Waals surface area contributed by atoms with Crippen LogP contribution in [0.2, 0.25) is 0 Å². The lowest BCUT2D eigenvalue weighted by atomic mass is 10.1. The SMILES string of the molecule is Cn1cc(-c2ccc(-c3cnc4cccc(N5CCCCC5)n34)cc2)cn1. The maximum atomic E-state index is 4.66. The summed E-state index contributed by atoms with van der Waals surface area (Å²) in [6.07, 6.45) is 9.79. The fourth-order valence-corrected chi connectivity index (χ4v) is 4.00. The van der Waals surface area contributed by atoms with Gasteiger partial charge in [0, 0.05) is 37.5 Å². The third kappa shape index (κ3) is 2.89. The van der Waals surface area contributed by atoms with Crippen molar-refractivity contribution in [2.75, 3.05) is 18.0 Å². The van der Waals surface area contributed by atoms with Crippen molar-refractivity contribution in [3.8, 4) is 22.4 Å². The van der Waals surface area contributed by atoms with Crippen molar-refractivity contribution in [1.82, 2.24) is 19.2 Å². The first kappa shape index (κ1) is 16.1. The van der Waals surface area contributed by atoms with Crippen LogP contribution in [-0.2, 0) is 7.05 Å². The minimum atomic E-state index is 1.00. The van der Waals surface area contributed by atoms with Gasteiger partial charge in [0.05, 0.1) is 18.1 Å². The van der Waals surface area contributed by atoms with Gasteiger partial charge in [-0.15, -0.1) is 0 Å². The zero-order valence-corrected chi connectivity index (χ0v) is 15.5. The van der Waals surface area contributed by atoms with E-state index in [2.05, 4.69) is 61.8 Å². The summed E-state index contributed by atoms with van der Waals surface area (Å²) in [5.74, 6) is 1.25. The number of nitrogens with zero attached hydrogens (tertiary/aromatic N) is 5. The number of anilines is 1. The van der Waals surface area contributed by atoms with E-state index in [1.165, 1.54) is 36.2 Å². The lowest BCUT2D eigenvalue weighted by Crippen LogP contribution is -2.31. The average molecular weight is 357 g/mol. The molecule has 0 saturated carbocycles. The second kappa shape index (κ2) is 6.58. The van der Waals surface area contributed by atoms with E-state index in [9.17, 15) is 0 Å². The monoisotopic (exact) mass is 357 g/mol. The molecule has 0 N–H and O–H groups in total. The van der Waals surface area contributed by atoms with Crippen LogP contribution < -0.4 is 4.90 Å². The molecule has 1 aromatic carbocycles. The largest absolute Gasteiger partial charge is 0.358 e. The molecule has 3 aromatic heterocycles. The van der Waals surface area contributed by atoms with Gasteiger partial charge in [0.15, 0.2) is 0 Å². The van der Waals surface area contributed by atoms with Crippen LogP contribution >= 0.6 is 0 Å². The predicted octanol–water partition coefficient (Wildman–Crippen LogP) is 4.39. The van der Waals surface area contributed by atoms with Crippen molar-refractivity contribution in [3.05, 3.63) is 61.1 Å². The van der Waals surface area contributed by atoms with Crippen LogP contribution in [0.5, 0.6) is 0 Å². The third-order valence-electron chi connectivity index (χ3n) is 5.41. The Kier molecular flexibility index (Phi) is 3.93. The van der Waals surface area contributed by atoms with Gasteiger partial charge >= 0.3 is 0 Å². The number of benzene rings is 1. The number of piperidine rings is 1. The van der Waals surface area contributed by atoms with Crippen molar-refractivity contribution in [2.45, 2.75) is 19.3 Å². The zero-order valence-electron chi connectivity index (χ0n) is 15.5. The lowest BCUT2D eigenvalue weighted by molar-refractivity contribution is 0.572. The second-order valence-corrected chi connectivity index (χ2v) is 7.25. The van der Waals surface area contributed by atoms with Crippen molar-refractivity contribution in [3.63, 3.8) is 0 Å². The zero-order chi connectivity index (χ0) is 18.2.